The molecule has 24 heavy (non-hydrogen) atoms. The lowest BCUT2D eigenvalue weighted by Crippen LogP contribution is -2.28. The molecule has 0 aliphatic carbocycles. The summed E-state index contributed by atoms with van der Waals surface area (Å²) in [6, 6.07) is 5.30. The predicted octanol–water partition coefficient (Wildman–Crippen LogP) is 3.08. The van der Waals surface area contributed by atoms with Gasteiger partial charge in [0.2, 0.25) is 0 Å². The minimum atomic E-state index is -0.423. The Balaban J connectivity index is 2.20. The first-order chi connectivity index (χ1) is 11.3. The van der Waals surface area contributed by atoms with E-state index in [-0.39, 0.29) is 18.1 Å². The predicted molar refractivity (Wildman–Crippen MR) is 90.9 cm³/mol. The van der Waals surface area contributed by atoms with Crippen molar-refractivity contribution < 1.29 is 14.3 Å². The van der Waals surface area contributed by atoms with Crippen LogP contribution in [0, 0.1) is 13.8 Å². The van der Waals surface area contributed by atoms with Crippen LogP contribution in [0.5, 0.6) is 0 Å². The number of ether oxygens (including phenoxy) is 1. The molecule has 1 amide bonds. The van der Waals surface area contributed by atoms with Crippen LogP contribution in [-0.4, -0.2) is 27.9 Å². The van der Waals surface area contributed by atoms with Crippen LogP contribution in [0.1, 0.15) is 64.6 Å². The maximum Gasteiger partial charge on any atom is 0.340 e. The van der Waals surface area contributed by atoms with Gasteiger partial charge in [-0.05, 0) is 52.3 Å². The summed E-state index contributed by atoms with van der Waals surface area (Å²) in [5.41, 5.74) is 2.76. The number of H-pyrrole nitrogens is 1. The summed E-state index contributed by atoms with van der Waals surface area (Å²) in [6.45, 7) is 8.93. The number of nitrogens with zero attached hydrogens (tertiary/aromatic N) is 1. The van der Waals surface area contributed by atoms with Crippen LogP contribution in [-0.2, 0) is 4.74 Å². The average molecular weight is 329 g/mol. The largest absolute Gasteiger partial charge is 0.459 e. The van der Waals surface area contributed by atoms with Crippen LogP contribution in [0.4, 0.5) is 0 Å². The summed E-state index contributed by atoms with van der Waals surface area (Å²) < 4.78 is 5.24. The van der Waals surface area contributed by atoms with Gasteiger partial charge in [0.1, 0.15) is 5.69 Å². The third-order valence-electron chi connectivity index (χ3n) is 3.69. The number of nitrogens with one attached hydrogen (secondary N) is 2. The van der Waals surface area contributed by atoms with E-state index in [9.17, 15) is 9.59 Å². The molecular formula is C18H23N3O3. The fourth-order valence-corrected chi connectivity index (χ4v) is 2.53. The van der Waals surface area contributed by atoms with Gasteiger partial charge in [0.05, 0.1) is 23.4 Å². The van der Waals surface area contributed by atoms with Gasteiger partial charge in [0, 0.05) is 11.9 Å². The first kappa shape index (κ1) is 17.7. The molecule has 0 radical (unpaired) electrons. The molecule has 0 aliphatic heterocycles. The van der Waals surface area contributed by atoms with Crippen molar-refractivity contribution in [1.82, 2.24) is 15.3 Å². The van der Waals surface area contributed by atoms with E-state index in [0.717, 1.165) is 5.69 Å². The van der Waals surface area contributed by atoms with Gasteiger partial charge in [-0.2, -0.15) is 0 Å². The van der Waals surface area contributed by atoms with Gasteiger partial charge in [-0.15, -0.1) is 0 Å². The molecule has 1 atom stereocenters. The van der Waals surface area contributed by atoms with E-state index in [4.69, 9.17) is 4.74 Å². The number of pyridine rings is 1. The number of hydrogen-bond donors (Lipinski definition) is 2. The zero-order chi connectivity index (χ0) is 17.9. The van der Waals surface area contributed by atoms with Crippen LogP contribution >= 0.6 is 0 Å². The molecule has 2 aromatic heterocycles. The van der Waals surface area contributed by atoms with Gasteiger partial charge in [-0.25, -0.2) is 4.79 Å². The zero-order valence-corrected chi connectivity index (χ0v) is 14.6. The Morgan fingerprint density at radius 2 is 1.92 bits per heavy atom. The van der Waals surface area contributed by atoms with Crippen molar-refractivity contribution in [2.75, 3.05) is 0 Å². The average Bonchev–Trinajstić information content (AvgIpc) is 2.82. The standard InChI is InChI=1S/C18H23N3O3/c1-10(2)24-18(23)15-11(3)16(20-13(15)5)17(22)21-12(4)14-8-6-7-9-19-14/h6-10,12,20H,1-5H3,(H,21,22)/t12-/m0/s1. The highest BCUT2D eigenvalue weighted by atomic mass is 16.5. The maximum atomic E-state index is 12.5. The summed E-state index contributed by atoms with van der Waals surface area (Å²) in [7, 11) is 0. The van der Waals surface area contributed by atoms with Crippen LogP contribution in [0.3, 0.4) is 0 Å². The number of carbonyl (C=O) groups excluding carboxylic acids is 2. The molecule has 0 saturated heterocycles. The number of hydrogen-bond acceptors (Lipinski definition) is 4. The number of carbonyl (C=O) groups is 2. The maximum absolute atomic E-state index is 12.5. The van der Waals surface area contributed by atoms with Crippen molar-refractivity contribution in [2.24, 2.45) is 0 Å². The lowest BCUT2D eigenvalue weighted by molar-refractivity contribution is 0.0376. The van der Waals surface area contributed by atoms with Gasteiger partial charge < -0.3 is 15.0 Å². The molecule has 2 N–H and O–H groups in total. The summed E-state index contributed by atoms with van der Waals surface area (Å²) in [5, 5.41) is 2.89. The van der Waals surface area contributed by atoms with Gasteiger partial charge in [0.15, 0.2) is 0 Å². The van der Waals surface area contributed by atoms with Crippen LogP contribution in [0.2, 0.25) is 0 Å². The Morgan fingerprint density at radius 3 is 2.50 bits per heavy atom. The third-order valence-corrected chi connectivity index (χ3v) is 3.69. The fourth-order valence-electron chi connectivity index (χ4n) is 2.53. The Labute approximate surface area is 141 Å². The minimum Gasteiger partial charge on any atom is -0.459 e. The highest BCUT2D eigenvalue weighted by Gasteiger charge is 2.24. The van der Waals surface area contributed by atoms with E-state index in [0.29, 0.717) is 22.5 Å². The second kappa shape index (κ2) is 7.29. The SMILES string of the molecule is Cc1[nH]c(C(=O)N[C@@H](C)c2ccccn2)c(C)c1C(=O)OC(C)C. The molecular weight excluding hydrogens is 306 g/mol. The molecule has 2 rings (SSSR count). The first-order valence-corrected chi connectivity index (χ1v) is 7.93. The van der Waals surface area contributed by atoms with Gasteiger partial charge >= 0.3 is 5.97 Å². The molecule has 0 spiro atoms. The van der Waals surface area contributed by atoms with E-state index >= 15 is 0 Å². The van der Waals surface area contributed by atoms with Crippen molar-refractivity contribution in [3.05, 3.63) is 52.6 Å². The van der Waals surface area contributed by atoms with E-state index < -0.39 is 5.97 Å². The molecule has 0 unspecified atom stereocenters. The number of rotatable bonds is 5. The first-order valence-electron chi connectivity index (χ1n) is 7.93. The van der Waals surface area contributed by atoms with Crippen molar-refractivity contribution in [1.29, 1.82) is 0 Å². The number of aryl methyl sites for hydroxylation is 1. The second-order valence-electron chi connectivity index (χ2n) is 6.03. The lowest BCUT2D eigenvalue weighted by Gasteiger charge is -2.13. The Bertz CT molecular complexity index is 735. The summed E-state index contributed by atoms with van der Waals surface area (Å²) in [6.07, 6.45) is 1.47. The van der Waals surface area contributed by atoms with Gasteiger partial charge in [-0.1, -0.05) is 6.07 Å². The topological polar surface area (TPSA) is 84.1 Å². The molecule has 0 saturated carbocycles. The monoisotopic (exact) mass is 329 g/mol. The molecule has 2 aromatic rings. The molecule has 6 heteroatoms. The van der Waals surface area contributed by atoms with Crippen LogP contribution in [0.25, 0.3) is 0 Å². The van der Waals surface area contributed by atoms with Crippen molar-refractivity contribution in [3.8, 4) is 0 Å². The fraction of sp³-hybridized carbons (Fsp3) is 0.389. The molecule has 0 aromatic carbocycles. The quantitative estimate of drug-likeness (QED) is 0.826. The number of esters is 1. The van der Waals surface area contributed by atoms with E-state index in [2.05, 4.69) is 15.3 Å². The smallest absolute Gasteiger partial charge is 0.340 e. The normalized spacial score (nSPS) is 12.1. The van der Waals surface area contributed by atoms with E-state index in [1.54, 1.807) is 33.9 Å². The summed E-state index contributed by atoms with van der Waals surface area (Å²) in [5.74, 6) is -0.703. The summed E-state index contributed by atoms with van der Waals surface area (Å²) in [4.78, 5) is 32.0. The lowest BCUT2D eigenvalue weighted by atomic mass is 10.1. The van der Waals surface area contributed by atoms with Crippen LogP contribution < -0.4 is 5.32 Å². The number of aromatic nitrogens is 2. The van der Waals surface area contributed by atoms with Crippen molar-refractivity contribution in [3.63, 3.8) is 0 Å². The van der Waals surface area contributed by atoms with Crippen molar-refractivity contribution >= 4 is 11.9 Å². The molecule has 2 heterocycles. The Morgan fingerprint density at radius 1 is 1.21 bits per heavy atom. The van der Waals surface area contributed by atoms with Gasteiger partial charge in [-0.3, -0.25) is 9.78 Å². The summed E-state index contributed by atoms with van der Waals surface area (Å²) >= 11 is 0. The third kappa shape index (κ3) is 3.82. The highest BCUT2D eigenvalue weighted by molar-refractivity contribution is 6.00. The molecule has 0 bridgehead atoms. The number of amides is 1. The van der Waals surface area contributed by atoms with Crippen molar-refractivity contribution in [2.45, 2.75) is 46.8 Å². The van der Waals surface area contributed by atoms with Gasteiger partial charge in [0.25, 0.3) is 5.91 Å². The molecule has 0 aliphatic rings. The Hall–Kier alpha value is -2.63. The molecule has 128 valence electrons. The number of aromatic amines is 1. The minimum absolute atomic E-state index is 0.215. The highest BCUT2D eigenvalue weighted by Crippen LogP contribution is 2.20. The molecule has 0 fully saturated rings. The Kier molecular flexibility index (Phi) is 5.39. The molecule has 6 nitrogen and oxygen atoms in total. The van der Waals surface area contributed by atoms with E-state index in [1.165, 1.54) is 0 Å². The van der Waals surface area contributed by atoms with E-state index in [1.807, 2.05) is 25.1 Å². The van der Waals surface area contributed by atoms with Crippen LogP contribution in [0.15, 0.2) is 24.4 Å². The second-order valence-corrected chi connectivity index (χ2v) is 6.03. The zero-order valence-electron chi connectivity index (χ0n) is 14.6.